The van der Waals surface area contributed by atoms with Crippen molar-refractivity contribution in [2.45, 2.75) is 13.8 Å². The molecule has 1 saturated heterocycles. The van der Waals surface area contributed by atoms with Crippen LogP contribution in [-0.4, -0.2) is 43.3 Å². The van der Waals surface area contributed by atoms with Crippen LogP contribution in [0, 0.1) is 13.8 Å². The molecule has 1 aromatic carbocycles. The lowest BCUT2D eigenvalue weighted by Gasteiger charge is -2.36. The van der Waals surface area contributed by atoms with Gasteiger partial charge in [-0.15, -0.1) is 0 Å². The predicted molar refractivity (Wildman–Crippen MR) is 91.8 cm³/mol. The highest BCUT2D eigenvalue weighted by Crippen LogP contribution is 2.21. The molecule has 3 rings (SSSR count). The Morgan fingerprint density at radius 3 is 2.22 bits per heavy atom. The zero-order valence-electron chi connectivity index (χ0n) is 13.8. The van der Waals surface area contributed by atoms with Gasteiger partial charge in [0.05, 0.1) is 7.11 Å². The highest BCUT2D eigenvalue weighted by Gasteiger charge is 2.19. The Morgan fingerprint density at radius 1 is 1.04 bits per heavy atom. The summed E-state index contributed by atoms with van der Waals surface area (Å²) < 4.78 is 5.19. The van der Waals surface area contributed by atoms with Gasteiger partial charge in [0.25, 0.3) is 5.56 Å². The quantitative estimate of drug-likeness (QED) is 0.935. The number of nitrogens with one attached hydrogen (secondary N) is 1. The lowest BCUT2D eigenvalue weighted by Crippen LogP contribution is -2.47. The molecule has 6 heteroatoms. The number of hydrogen-bond donors (Lipinski definition) is 1. The number of rotatable bonds is 3. The van der Waals surface area contributed by atoms with E-state index in [1.807, 2.05) is 19.1 Å². The average Bonchev–Trinajstić information content (AvgIpc) is 2.59. The van der Waals surface area contributed by atoms with Crippen molar-refractivity contribution in [2.75, 3.05) is 43.1 Å². The first kappa shape index (κ1) is 15.4. The first-order chi connectivity index (χ1) is 11.1. The fourth-order valence-electron chi connectivity index (χ4n) is 2.75. The number of piperazine rings is 1. The Morgan fingerprint density at radius 2 is 1.65 bits per heavy atom. The maximum Gasteiger partial charge on any atom is 0.255 e. The number of nitrogens with zero attached hydrogens (tertiary/aromatic N) is 3. The molecule has 0 spiro atoms. The summed E-state index contributed by atoms with van der Waals surface area (Å²) in [6.45, 7) is 7.12. The van der Waals surface area contributed by atoms with Crippen LogP contribution in [0.5, 0.6) is 5.75 Å². The van der Waals surface area contributed by atoms with Gasteiger partial charge in [-0.25, -0.2) is 4.98 Å². The third kappa shape index (κ3) is 3.16. The molecule has 122 valence electrons. The molecular weight excluding hydrogens is 292 g/mol. The number of methoxy groups -OCH3 is 1. The molecule has 1 aliphatic heterocycles. The molecule has 0 saturated carbocycles. The topological polar surface area (TPSA) is 61.5 Å². The number of aromatic nitrogens is 2. The molecule has 0 radical (unpaired) electrons. The fourth-order valence-corrected chi connectivity index (χ4v) is 2.75. The van der Waals surface area contributed by atoms with Crippen LogP contribution in [0.1, 0.15) is 11.3 Å². The van der Waals surface area contributed by atoms with Crippen LogP contribution in [0.3, 0.4) is 0 Å². The van der Waals surface area contributed by atoms with Crippen LogP contribution < -0.4 is 20.1 Å². The van der Waals surface area contributed by atoms with E-state index >= 15 is 0 Å². The Hall–Kier alpha value is -2.50. The van der Waals surface area contributed by atoms with Crippen molar-refractivity contribution in [1.29, 1.82) is 0 Å². The molecule has 6 nitrogen and oxygen atoms in total. The van der Waals surface area contributed by atoms with Gasteiger partial charge in [-0.1, -0.05) is 0 Å². The highest BCUT2D eigenvalue weighted by molar-refractivity contribution is 5.50. The van der Waals surface area contributed by atoms with Crippen molar-refractivity contribution in [1.82, 2.24) is 9.97 Å². The number of aryl methyl sites for hydroxylation is 1. The van der Waals surface area contributed by atoms with Crippen LogP contribution in [0.15, 0.2) is 29.1 Å². The largest absolute Gasteiger partial charge is 0.497 e. The van der Waals surface area contributed by atoms with Crippen molar-refractivity contribution < 1.29 is 4.74 Å². The van der Waals surface area contributed by atoms with Crippen LogP contribution in [0.4, 0.5) is 11.6 Å². The van der Waals surface area contributed by atoms with Crippen LogP contribution >= 0.6 is 0 Å². The summed E-state index contributed by atoms with van der Waals surface area (Å²) in [5.41, 5.74) is 2.61. The molecule has 23 heavy (non-hydrogen) atoms. The zero-order valence-corrected chi connectivity index (χ0v) is 13.8. The summed E-state index contributed by atoms with van der Waals surface area (Å²) in [7, 11) is 1.67. The minimum Gasteiger partial charge on any atom is -0.497 e. The first-order valence-corrected chi connectivity index (χ1v) is 7.80. The van der Waals surface area contributed by atoms with E-state index in [-0.39, 0.29) is 5.56 Å². The second-order valence-corrected chi connectivity index (χ2v) is 5.77. The summed E-state index contributed by atoms with van der Waals surface area (Å²) in [6, 6.07) is 8.10. The van der Waals surface area contributed by atoms with Gasteiger partial charge in [0.2, 0.25) is 5.95 Å². The van der Waals surface area contributed by atoms with Crippen molar-refractivity contribution in [3.05, 3.63) is 45.9 Å². The number of benzene rings is 1. The molecule has 1 aliphatic rings. The number of anilines is 2. The van der Waals surface area contributed by atoms with E-state index < -0.39 is 0 Å². The van der Waals surface area contributed by atoms with E-state index in [0.29, 0.717) is 11.5 Å². The minimum absolute atomic E-state index is 0.0508. The molecule has 2 heterocycles. The van der Waals surface area contributed by atoms with Gasteiger partial charge in [-0.2, -0.15) is 0 Å². The highest BCUT2D eigenvalue weighted by atomic mass is 16.5. The average molecular weight is 314 g/mol. The molecular formula is C17H22N4O2. The molecule has 0 aliphatic carbocycles. The second-order valence-electron chi connectivity index (χ2n) is 5.77. The lowest BCUT2D eigenvalue weighted by atomic mass is 10.2. The smallest absolute Gasteiger partial charge is 0.255 e. The third-order valence-corrected chi connectivity index (χ3v) is 4.40. The van der Waals surface area contributed by atoms with Crippen LogP contribution in [-0.2, 0) is 0 Å². The van der Waals surface area contributed by atoms with Gasteiger partial charge < -0.3 is 14.5 Å². The molecule has 1 fully saturated rings. The van der Waals surface area contributed by atoms with E-state index in [0.717, 1.165) is 37.6 Å². The zero-order chi connectivity index (χ0) is 16.4. The van der Waals surface area contributed by atoms with Crippen LogP contribution in [0.25, 0.3) is 0 Å². The standard InChI is InChI=1S/C17H22N4O2/c1-12-13(2)18-17(19-16(12)22)21-10-8-20(9-11-21)14-4-6-15(23-3)7-5-14/h4-7H,8-11H2,1-3H3,(H,18,19,22). The van der Waals surface area contributed by atoms with E-state index in [9.17, 15) is 4.79 Å². The molecule has 0 unspecified atom stereocenters. The number of aromatic amines is 1. The number of H-pyrrole nitrogens is 1. The third-order valence-electron chi connectivity index (χ3n) is 4.40. The maximum absolute atomic E-state index is 11.9. The van der Waals surface area contributed by atoms with Gasteiger partial charge in [-0.3, -0.25) is 9.78 Å². The Bertz CT molecular complexity index is 731. The fraction of sp³-hybridized carbons (Fsp3) is 0.412. The van der Waals surface area contributed by atoms with Gasteiger partial charge in [0, 0.05) is 43.1 Å². The van der Waals surface area contributed by atoms with Crippen molar-refractivity contribution in [3.63, 3.8) is 0 Å². The van der Waals surface area contributed by atoms with Crippen LogP contribution in [0.2, 0.25) is 0 Å². The Balaban J connectivity index is 1.69. The Kier molecular flexibility index (Phi) is 4.23. The number of hydrogen-bond acceptors (Lipinski definition) is 5. The van der Waals surface area contributed by atoms with Gasteiger partial charge in [0.15, 0.2) is 0 Å². The summed E-state index contributed by atoms with van der Waals surface area (Å²) >= 11 is 0. The predicted octanol–water partition coefficient (Wildman–Crippen LogP) is 1.72. The molecule has 0 bridgehead atoms. The summed E-state index contributed by atoms with van der Waals surface area (Å²) in [4.78, 5) is 23.8. The lowest BCUT2D eigenvalue weighted by molar-refractivity contribution is 0.415. The molecule has 0 atom stereocenters. The maximum atomic E-state index is 11.9. The SMILES string of the molecule is COc1ccc(N2CCN(c3nc(C)c(C)c(=O)[nH]3)CC2)cc1. The Labute approximate surface area is 135 Å². The summed E-state index contributed by atoms with van der Waals surface area (Å²) in [5, 5.41) is 0. The molecule has 0 amide bonds. The minimum atomic E-state index is -0.0508. The van der Waals surface area contributed by atoms with E-state index in [1.54, 1.807) is 14.0 Å². The molecule has 1 N–H and O–H groups in total. The second kappa shape index (κ2) is 6.32. The monoisotopic (exact) mass is 314 g/mol. The van der Waals surface area contributed by atoms with Crippen molar-refractivity contribution in [2.24, 2.45) is 0 Å². The van der Waals surface area contributed by atoms with Gasteiger partial charge >= 0.3 is 0 Å². The number of ether oxygens (including phenoxy) is 1. The van der Waals surface area contributed by atoms with Crippen molar-refractivity contribution in [3.8, 4) is 5.75 Å². The van der Waals surface area contributed by atoms with E-state index in [1.165, 1.54) is 5.69 Å². The molecule has 2 aromatic rings. The first-order valence-electron chi connectivity index (χ1n) is 7.80. The normalized spacial score (nSPS) is 14.9. The summed E-state index contributed by atoms with van der Waals surface area (Å²) in [6.07, 6.45) is 0. The van der Waals surface area contributed by atoms with Gasteiger partial charge in [-0.05, 0) is 38.1 Å². The van der Waals surface area contributed by atoms with Crippen molar-refractivity contribution >= 4 is 11.6 Å². The van der Waals surface area contributed by atoms with E-state index in [4.69, 9.17) is 4.74 Å². The van der Waals surface area contributed by atoms with Gasteiger partial charge in [0.1, 0.15) is 5.75 Å². The summed E-state index contributed by atoms with van der Waals surface area (Å²) in [5.74, 6) is 1.54. The molecule has 1 aromatic heterocycles. The van der Waals surface area contributed by atoms with E-state index in [2.05, 4.69) is 31.9 Å².